The number of morpholine rings is 1. The van der Waals surface area contributed by atoms with Crippen LogP contribution in [0.25, 0.3) is 11.2 Å². The lowest BCUT2D eigenvalue weighted by Gasteiger charge is -2.27. The van der Waals surface area contributed by atoms with Gasteiger partial charge in [0.15, 0.2) is 17.0 Å². The maximum atomic E-state index is 5.50. The first-order chi connectivity index (χ1) is 15.7. The molecule has 0 unspecified atom stereocenters. The Morgan fingerprint density at radius 3 is 2.59 bits per heavy atom. The quantitative estimate of drug-likeness (QED) is 0.487. The monoisotopic (exact) mass is 427 g/mol. The molecule has 32 heavy (non-hydrogen) atoms. The molecule has 1 aliphatic heterocycles. The second-order valence-electron chi connectivity index (χ2n) is 7.88. The van der Waals surface area contributed by atoms with E-state index in [2.05, 4.69) is 58.4 Å². The summed E-state index contributed by atoms with van der Waals surface area (Å²) in [6.45, 7) is 6.94. The van der Waals surface area contributed by atoms with Crippen LogP contribution in [-0.4, -0.2) is 52.1 Å². The number of rotatable bonds is 5. The minimum atomic E-state index is 0.642. The first kappa shape index (κ1) is 20.1. The molecule has 8 heteroatoms. The third-order valence-corrected chi connectivity index (χ3v) is 5.35. The van der Waals surface area contributed by atoms with E-state index in [1.165, 1.54) is 11.1 Å². The van der Waals surface area contributed by atoms with Gasteiger partial charge in [0.05, 0.1) is 19.4 Å². The molecular formula is C24H25N7O. The standard InChI is InChI=1S/C24H25N7O/c1-17-6-8-20(9-7-17)27-22-21-23(29-24(28-22)30-10-12-32-13-11-30)31(16-25-21)26-15-19-5-3-4-18(2)14-19/h3-9,14-16H,10-13H2,1-2H3,(H,27,28,29). The topological polar surface area (TPSA) is 80.5 Å². The molecule has 1 fully saturated rings. The number of benzene rings is 2. The predicted molar refractivity (Wildman–Crippen MR) is 127 cm³/mol. The van der Waals surface area contributed by atoms with Gasteiger partial charge < -0.3 is 15.0 Å². The normalized spacial score (nSPS) is 14.4. The van der Waals surface area contributed by atoms with Gasteiger partial charge in [0.2, 0.25) is 5.95 Å². The highest BCUT2D eigenvalue weighted by Crippen LogP contribution is 2.26. The Labute approximate surface area is 186 Å². The number of nitrogens with zero attached hydrogens (tertiary/aromatic N) is 6. The molecule has 0 amide bonds. The third-order valence-electron chi connectivity index (χ3n) is 5.35. The van der Waals surface area contributed by atoms with E-state index >= 15 is 0 Å². The number of nitrogens with one attached hydrogen (secondary N) is 1. The van der Waals surface area contributed by atoms with E-state index < -0.39 is 0 Å². The van der Waals surface area contributed by atoms with Crippen LogP contribution < -0.4 is 10.2 Å². The zero-order valence-electron chi connectivity index (χ0n) is 18.2. The van der Waals surface area contributed by atoms with Crippen molar-refractivity contribution in [2.75, 3.05) is 36.5 Å². The largest absolute Gasteiger partial charge is 0.378 e. The molecule has 3 heterocycles. The summed E-state index contributed by atoms with van der Waals surface area (Å²) in [7, 11) is 0. The summed E-state index contributed by atoms with van der Waals surface area (Å²) in [5.74, 6) is 1.30. The number of fused-ring (bicyclic) bond motifs is 1. The number of ether oxygens (including phenoxy) is 1. The van der Waals surface area contributed by atoms with E-state index in [1.807, 2.05) is 30.5 Å². The van der Waals surface area contributed by atoms with Gasteiger partial charge in [-0.15, -0.1) is 0 Å². The summed E-state index contributed by atoms with van der Waals surface area (Å²) < 4.78 is 7.20. The fraction of sp³-hybridized carbons (Fsp3) is 0.250. The van der Waals surface area contributed by atoms with Crippen molar-refractivity contribution < 1.29 is 4.74 Å². The molecule has 1 N–H and O–H groups in total. The molecule has 162 valence electrons. The van der Waals surface area contributed by atoms with Crippen LogP contribution in [0.1, 0.15) is 16.7 Å². The molecule has 2 aromatic heterocycles. The molecule has 4 aromatic rings. The number of imidazole rings is 1. The lowest BCUT2D eigenvalue weighted by atomic mass is 10.2. The molecule has 0 aliphatic carbocycles. The van der Waals surface area contributed by atoms with Crippen LogP contribution in [-0.2, 0) is 4.74 Å². The number of hydrogen-bond acceptors (Lipinski definition) is 7. The molecule has 0 radical (unpaired) electrons. The van der Waals surface area contributed by atoms with Gasteiger partial charge in [-0.05, 0) is 31.5 Å². The summed E-state index contributed by atoms with van der Waals surface area (Å²) in [6.07, 6.45) is 3.49. The molecule has 1 aliphatic rings. The van der Waals surface area contributed by atoms with Crippen LogP contribution in [0, 0.1) is 13.8 Å². The van der Waals surface area contributed by atoms with Crippen LogP contribution in [0.5, 0.6) is 0 Å². The molecule has 0 atom stereocenters. The highest BCUT2D eigenvalue weighted by molar-refractivity contribution is 5.87. The van der Waals surface area contributed by atoms with Crippen molar-refractivity contribution in [1.82, 2.24) is 19.6 Å². The second-order valence-corrected chi connectivity index (χ2v) is 7.88. The maximum absolute atomic E-state index is 5.50. The Hall–Kier alpha value is -3.78. The van der Waals surface area contributed by atoms with Crippen molar-refractivity contribution in [2.45, 2.75) is 13.8 Å². The summed E-state index contributed by atoms with van der Waals surface area (Å²) in [5.41, 5.74) is 5.68. The number of anilines is 3. The fourth-order valence-electron chi connectivity index (χ4n) is 3.61. The zero-order chi connectivity index (χ0) is 21.9. The van der Waals surface area contributed by atoms with Gasteiger partial charge >= 0.3 is 0 Å². The summed E-state index contributed by atoms with van der Waals surface area (Å²) >= 11 is 0. The highest BCUT2D eigenvalue weighted by Gasteiger charge is 2.19. The van der Waals surface area contributed by atoms with Crippen LogP contribution in [0.15, 0.2) is 60.0 Å². The van der Waals surface area contributed by atoms with Crippen molar-refractivity contribution in [3.05, 3.63) is 71.5 Å². The molecule has 8 nitrogen and oxygen atoms in total. The van der Waals surface area contributed by atoms with Crippen molar-refractivity contribution in [3.63, 3.8) is 0 Å². The van der Waals surface area contributed by atoms with Gasteiger partial charge in [-0.3, -0.25) is 0 Å². The average molecular weight is 428 g/mol. The van der Waals surface area contributed by atoms with Crippen LogP contribution in [0.3, 0.4) is 0 Å². The Balaban J connectivity index is 1.56. The average Bonchev–Trinajstić information content (AvgIpc) is 3.23. The zero-order valence-corrected chi connectivity index (χ0v) is 18.2. The van der Waals surface area contributed by atoms with Crippen molar-refractivity contribution in [3.8, 4) is 0 Å². The van der Waals surface area contributed by atoms with Crippen molar-refractivity contribution >= 4 is 34.8 Å². The van der Waals surface area contributed by atoms with Gasteiger partial charge in [0, 0.05) is 18.8 Å². The molecule has 0 spiro atoms. The number of aryl methyl sites for hydroxylation is 2. The SMILES string of the molecule is Cc1ccc(Nc2nc(N3CCOCC3)nc3c2ncn3N=Cc2cccc(C)c2)cc1. The van der Waals surface area contributed by atoms with Crippen LogP contribution in [0.2, 0.25) is 0 Å². The maximum Gasteiger partial charge on any atom is 0.229 e. The summed E-state index contributed by atoms with van der Waals surface area (Å²) in [6, 6.07) is 16.4. The first-order valence-electron chi connectivity index (χ1n) is 10.7. The molecular weight excluding hydrogens is 402 g/mol. The number of aromatic nitrogens is 4. The first-order valence-corrected chi connectivity index (χ1v) is 10.7. The Bertz CT molecular complexity index is 1260. The minimum Gasteiger partial charge on any atom is -0.378 e. The van der Waals surface area contributed by atoms with E-state index in [4.69, 9.17) is 14.7 Å². The van der Waals surface area contributed by atoms with E-state index in [0.29, 0.717) is 36.1 Å². The molecule has 1 saturated heterocycles. The lowest BCUT2D eigenvalue weighted by molar-refractivity contribution is 0.122. The van der Waals surface area contributed by atoms with E-state index in [9.17, 15) is 0 Å². The van der Waals surface area contributed by atoms with Gasteiger partial charge in [-0.2, -0.15) is 15.1 Å². The van der Waals surface area contributed by atoms with Crippen LogP contribution >= 0.6 is 0 Å². The van der Waals surface area contributed by atoms with Crippen molar-refractivity contribution in [2.24, 2.45) is 5.10 Å². The van der Waals surface area contributed by atoms with Crippen LogP contribution in [0.4, 0.5) is 17.5 Å². The summed E-state index contributed by atoms with van der Waals surface area (Å²) in [4.78, 5) is 16.3. The molecule has 2 aromatic carbocycles. The summed E-state index contributed by atoms with van der Waals surface area (Å²) in [5, 5.41) is 8.03. The minimum absolute atomic E-state index is 0.642. The third kappa shape index (κ3) is 4.31. The second kappa shape index (κ2) is 8.76. The fourth-order valence-corrected chi connectivity index (χ4v) is 3.61. The lowest BCUT2D eigenvalue weighted by Crippen LogP contribution is -2.37. The Morgan fingerprint density at radius 2 is 1.81 bits per heavy atom. The Kier molecular flexibility index (Phi) is 5.51. The van der Waals surface area contributed by atoms with Gasteiger partial charge in [0.1, 0.15) is 6.33 Å². The highest BCUT2D eigenvalue weighted by atomic mass is 16.5. The smallest absolute Gasteiger partial charge is 0.229 e. The predicted octanol–water partition coefficient (Wildman–Crippen LogP) is 3.91. The van der Waals surface area contributed by atoms with E-state index in [1.54, 1.807) is 11.0 Å². The van der Waals surface area contributed by atoms with Gasteiger partial charge in [-0.25, -0.2) is 9.66 Å². The van der Waals surface area contributed by atoms with E-state index in [0.717, 1.165) is 24.3 Å². The van der Waals surface area contributed by atoms with Crippen molar-refractivity contribution in [1.29, 1.82) is 0 Å². The van der Waals surface area contributed by atoms with Gasteiger partial charge in [-0.1, -0.05) is 47.5 Å². The number of hydrogen-bond donors (Lipinski definition) is 1. The van der Waals surface area contributed by atoms with E-state index in [-0.39, 0.29) is 0 Å². The Morgan fingerprint density at radius 1 is 1.00 bits per heavy atom. The molecule has 0 saturated carbocycles. The molecule has 0 bridgehead atoms. The molecule has 5 rings (SSSR count). The van der Waals surface area contributed by atoms with Gasteiger partial charge in [0.25, 0.3) is 0 Å².